The van der Waals surface area contributed by atoms with Gasteiger partial charge < -0.3 is 14.8 Å². The van der Waals surface area contributed by atoms with Gasteiger partial charge >= 0.3 is 12.1 Å². The fourth-order valence-electron chi connectivity index (χ4n) is 3.08. The maximum absolute atomic E-state index is 12.4. The molecule has 0 aliphatic carbocycles. The molecule has 0 aromatic carbocycles. The first-order valence-corrected chi connectivity index (χ1v) is 10.9. The van der Waals surface area contributed by atoms with Gasteiger partial charge in [0.05, 0.1) is 11.5 Å². The van der Waals surface area contributed by atoms with Crippen LogP contribution in [0.4, 0.5) is 4.79 Å². The molecule has 1 N–H and O–H groups in total. The van der Waals surface area contributed by atoms with Crippen molar-refractivity contribution in [1.29, 1.82) is 0 Å². The Hall–Kier alpha value is -1.84. The molecule has 0 aromatic heterocycles. The number of nitrogens with one attached hydrogen (secondary N) is 1. The number of ether oxygens (including phenoxy) is 2. The Labute approximate surface area is 159 Å². The SMILES string of the molecule is C[C@@H](OC(=O)[C@@H]1CCCN1C(=O)OC(C)(C)C)C(=O)N[C@H]1CCS(=O)(=O)C1. The number of esters is 1. The van der Waals surface area contributed by atoms with Gasteiger partial charge in [-0.05, 0) is 47.0 Å². The monoisotopic (exact) mass is 404 g/mol. The van der Waals surface area contributed by atoms with Crippen LogP contribution in [0.2, 0.25) is 0 Å². The summed E-state index contributed by atoms with van der Waals surface area (Å²) in [5.41, 5.74) is -0.678. The van der Waals surface area contributed by atoms with Gasteiger partial charge in [0, 0.05) is 12.6 Å². The maximum Gasteiger partial charge on any atom is 0.411 e. The molecule has 2 fully saturated rings. The molecule has 0 aromatic rings. The van der Waals surface area contributed by atoms with Gasteiger partial charge in [0.1, 0.15) is 11.6 Å². The molecule has 0 spiro atoms. The van der Waals surface area contributed by atoms with Crippen LogP contribution in [0.3, 0.4) is 0 Å². The molecule has 2 aliphatic rings. The molecule has 3 atom stereocenters. The number of hydrogen-bond donors (Lipinski definition) is 1. The summed E-state index contributed by atoms with van der Waals surface area (Å²) in [7, 11) is -3.12. The van der Waals surface area contributed by atoms with E-state index < -0.39 is 51.6 Å². The van der Waals surface area contributed by atoms with Gasteiger partial charge in [0.2, 0.25) is 0 Å². The van der Waals surface area contributed by atoms with E-state index >= 15 is 0 Å². The summed E-state index contributed by atoms with van der Waals surface area (Å²) >= 11 is 0. The third kappa shape index (κ3) is 6.08. The maximum atomic E-state index is 12.4. The van der Waals surface area contributed by atoms with E-state index in [4.69, 9.17) is 9.47 Å². The van der Waals surface area contributed by atoms with Crippen molar-refractivity contribution in [2.24, 2.45) is 0 Å². The zero-order chi connectivity index (χ0) is 20.4. The number of likely N-dealkylation sites (tertiary alicyclic amines) is 1. The first kappa shape index (κ1) is 21.5. The summed E-state index contributed by atoms with van der Waals surface area (Å²) < 4.78 is 33.4. The van der Waals surface area contributed by atoms with Crippen molar-refractivity contribution in [1.82, 2.24) is 10.2 Å². The summed E-state index contributed by atoms with van der Waals surface area (Å²) in [4.78, 5) is 38.2. The molecule has 2 heterocycles. The Morgan fingerprint density at radius 1 is 1.19 bits per heavy atom. The van der Waals surface area contributed by atoms with Crippen LogP contribution < -0.4 is 5.32 Å². The molecular formula is C17H28N2O7S. The minimum Gasteiger partial charge on any atom is -0.451 e. The molecule has 0 radical (unpaired) electrons. The Balaban J connectivity index is 1.89. The van der Waals surface area contributed by atoms with Crippen LogP contribution in [0.25, 0.3) is 0 Å². The predicted octanol–water partition coefficient (Wildman–Crippen LogP) is 0.621. The van der Waals surface area contributed by atoms with E-state index in [-0.39, 0.29) is 11.5 Å². The van der Waals surface area contributed by atoms with Crippen molar-refractivity contribution in [2.45, 2.75) is 70.7 Å². The molecular weight excluding hydrogens is 376 g/mol. The molecule has 2 rings (SSSR count). The fourth-order valence-corrected chi connectivity index (χ4v) is 4.76. The van der Waals surface area contributed by atoms with Crippen LogP contribution >= 0.6 is 0 Å². The van der Waals surface area contributed by atoms with E-state index in [9.17, 15) is 22.8 Å². The van der Waals surface area contributed by atoms with E-state index in [0.29, 0.717) is 25.8 Å². The van der Waals surface area contributed by atoms with Crippen molar-refractivity contribution in [3.63, 3.8) is 0 Å². The smallest absolute Gasteiger partial charge is 0.411 e. The summed E-state index contributed by atoms with van der Waals surface area (Å²) in [6, 6.07) is -1.25. The molecule has 9 nitrogen and oxygen atoms in total. The lowest BCUT2D eigenvalue weighted by atomic mass is 10.2. The third-order valence-electron chi connectivity index (χ3n) is 4.39. The highest BCUT2D eigenvalue weighted by Gasteiger charge is 2.39. The summed E-state index contributed by atoms with van der Waals surface area (Å²) in [6.07, 6.45) is -0.242. The van der Waals surface area contributed by atoms with Crippen LogP contribution in [0.5, 0.6) is 0 Å². The largest absolute Gasteiger partial charge is 0.451 e. The van der Waals surface area contributed by atoms with E-state index in [1.807, 2.05) is 0 Å². The number of rotatable bonds is 4. The lowest BCUT2D eigenvalue weighted by molar-refractivity contribution is -0.159. The summed E-state index contributed by atoms with van der Waals surface area (Å²) in [6.45, 7) is 7.02. The zero-order valence-electron chi connectivity index (χ0n) is 16.2. The van der Waals surface area contributed by atoms with E-state index in [0.717, 1.165) is 0 Å². The zero-order valence-corrected chi connectivity index (χ0v) is 17.0. The minimum atomic E-state index is -3.12. The van der Waals surface area contributed by atoms with Gasteiger partial charge in [-0.2, -0.15) is 0 Å². The number of nitrogens with zero attached hydrogens (tertiary/aromatic N) is 1. The Morgan fingerprint density at radius 3 is 2.41 bits per heavy atom. The second-order valence-electron chi connectivity index (χ2n) is 8.02. The first-order chi connectivity index (χ1) is 12.4. The number of sulfone groups is 1. The number of carbonyl (C=O) groups is 3. The second-order valence-corrected chi connectivity index (χ2v) is 10.2. The van der Waals surface area contributed by atoms with Gasteiger partial charge in [-0.3, -0.25) is 9.69 Å². The summed E-state index contributed by atoms with van der Waals surface area (Å²) in [5, 5.41) is 2.59. The third-order valence-corrected chi connectivity index (χ3v) is 6.16. The highest BCUT2D eigenvalue weighted by atomic mass is 32.2. The molecule has 10 heteroatoms. The van der Waals surface area contributed by atoms with Crippen molar-refractivity contribution in [3.05, 3.63) is 0 Å². The molecule has 2 saturated heterocycles. The van der Waals surface area contributed by atoms with E-state index in [2.05, 4.69) is 5.32 Å². The molecule has 2 aliphatic heterocycles. The van der Waals surface area contributed by atoms with Crippen LogP contribution in [-0.4, -0.2) is 73.1 Å². The van der Waals surface area contributed by atoms with Crippen molar-refractivity contribution in [3.8, 4) is 0 Å². The van der Waals surface area contributed by atoms with Crippen molar-refractivity contribution < 1.29 is 32.3 Å². The molecule has 154 valence electrons. The van der Waals surface area contributed by atoms with Crippen LogP contribution in [0, 0.1) is 0 Å². The number of amides is 2. The fraction of sp³-hybridized carbons (Fsp3) is 0.824. The molecule has 2 amide bonds. The van der Waals surface area contributed by atoms with E-state index in [1.165, 1.54) is 11.8 Å². The first-order valence-electron chi connectivity index (χ1n) is 9.09. The van der Waals surface area contributed by atoms with E-state index in [1.54, 1.807) is 20.8 Å². The molecule has 27 heavy (non-hydrogen) atoms. The average Bonchev–Trinajstić information content (AvgIpc) is 3.11. The number of carbonyl (C=O) groups excluding carboxylic acids is 3. The Kier molecular flexibility index (Phi) is 6.39. The van der Waals surface area contributed by atoms with Crippen LogP contribution in [0.1, 0.15) is 47.0 Å². The standard InChI is InChI=1S/C17H28N2O7S/c1-11(14(20)18-12-7-9-27(23,24)10-12)25-15(21)13-6-5-8-19(13)16(22)26-17(2,3)4/h11-13H,5-10H2,1-4H3,(H,18,20)/t11-,12+,13+/m1/s1. The molecule has 0 saturated carbocycles. The molecule has 0 unspecified atom stereocenters. The Morgan fingerprint density at radius 2 is 1.85 bits per heavy atom. The van der Waals surface area contributed by atoms with Gasteiger partial charge in [0.15, 0.2) is 15.9 Å². The van der Waals surface area contributed by atoms with Gasteiger partial charge in [-0.25, -0.2) is 18.0 Å². The highest BCUT2D eigenvalue weighted by molar-refractivity contribution is 7.91. The summed E-state index contributed by atoms with van der Waals surface area (Å²) in [5.74, 6) is -1.28. The average molecular weight is 404 g/mol. The van der Waals surface area contributed by atoms with Crippen molar-refractivity contribution >= 4 is 27.8 Å². The van der Waals surface area contributed by atoms with Gasteiger partial charge in [-0.15, -0.1) is 0 Å². The van der Waals surface area contributed by atoms with Crippen molar-refractivity contribution in [2.75, 3.05) is 18.1 Å². The quantitative estimate of drug-likeness (QED) is 0.682. The van der Waals surface area contributed by atoms with Gasteiger partial charge in [0.25, 0.3) is 5.91 Å². The highest BCUT2D eigenvalue weighted by Crippen LogP contribution is 2.22. The molecule has 0 bridgehead atoms. The van der Waals surface area contributed by atoms with Crippen LogP contribution in [-0.2, 0) is 28.9 Å². The lowest BCUT2D eigenvalue weighted by Crippen LogP contribution is -2.47. The predicted molar refractivity (Wildman–Crippen MR) is 96.7 cm³/mol. The normalized spacial score (nSPS) is 25.7. The lowest BCUT2D eigenvalue weighted by Gasteiger charge is -2.28. The number of hydrogen-bond acceptors (Lipinski definition) is 7. The minimum absolute atomic E-state index is 0.0407. The Bertz CT molecular complexity index is 699. The van der Waals surface area contributed by atoms with Crippen LogP contribution in [0.15, 0.2) is 0 Å². The topological polar surface area (TPSA) is 119 Å². The van der Waals surface area contributed by atoms with Gasteiger partial charge in [-0.1, -0.05) is 0 Å². The second kappa shape index (κ2) is 8.04.